The number of ether oxygens (including phenoxy) is 2. The van der Waals surface area contributed by atoms with Gasteiger partial charge in [-0.1, -0.05) is 35.9 Å². The molecule has 29 heavy (non-hydrogen) atoms. The number of hydrazone groups is 1. The fourth-order valence-corrected chi connectivity index (χ4v) is 4.31. The number of carbonyl (C=O) groups excluding carboxylic acids is 1. The number of hydrogen-bond acceptors (Lipinski definition) is 5. The van der Waals surface area contributed by atoms with Gasteiger partial charge >= 0.3 is 0 Å². The fourth-order valence-electron chi connectivity index (χ4n) is 3.40. The Balaban J connectivity index is 1.77. The second kappa shape index (κ2) is 8.27. The zero-order valence-electron chi connectivity index (χ0n) is 16.0. The SMILES string of the molecule is COc1ccc(C2=NN(C(=O)c3cccs3)[C@@H](c3ccccc3Cl)C2)c(OC)c1. The van der Waals surface area contributed by atoms with Crippen LogP contribution in [0.3, 0.4) is 0 Å². The van der Waals surface area contributed by atoms with Gasteiger partial charge in [-0.25, -0.2) is 5.01 Å². The van der Waals surface area contributed by atoms with E-state index in [9.17, 15) is 4.79 Å². The normalized spacial score (nSPS) is 15.9. The van der Waals surface area contributed by atoms with E-state index in [1.165, 1.54) is 16.3 Å². The first-order valence-corrected chi connectivity index (χ1v) is 10.3. The minimum atomic E-state index is -0.292. The number of thiophene rings is 1. The van der Waals surface area contributed by atoms with Crippen molar-refractivity contribution >= 4 is 34.6 Å². The quantitative estimate of drug-likeness (QED) is 0.548. The van der Waals surface area contributed by atoms with Crippen molar-refractivity contribution in [2.24, 2.45) is 5.10 Å². The summed E-state index contributed by atoms with van der Waals surface area (Å²) in [6.45, 7) is 0. The Morgan fingerprint density at radius 2 is 1.97 bits per heavy atom. The second-order valence-corrected chi connectivity index (χ2v) is 7.84. The van der Waals surface area contributed by atoms with Crippen molar-refractivity contribution in [1.82, 2.24) is 5.01 Å². The molecule has 1 aliphatic rings. The van der Waals surface area contributed by atoms with Gasteiger partial charge in [0.2, 0.25) is 0 Å². The van der Waals surface area contributed by atoms with Crippen molar-refractivity contribution in [1.29, 1.82) is 0 Å². The molecule has 0 aliphatic carbocycles. The van der Waals surface area contributed by atoms with E-state index in [1.54, 1.807) is 20.3 Å². The van der Waals surface area contributed by atoms with Gasteiger partial charge in [0.25, 0.3) is 5.91 Å². The molecule has 0 unspecified atom stereocenters. The number of methoxy groups -OCH3 is 2. The molecule has 1 aromatic heterocycles. The van der Waals surface area contributed by atoms with Gasteiger partial charge in [0, 0.05) is 23.1 Å². The highest BCUT2D eigenvalue weighted by Gasteiger charge is 2.35. The van der Waals surface area contributed by atoms with Crippen molar-refractivity contribution in [2.75, 3.05) is 14.2 Å². The summed E-state index contributed by atoms with van der Waals surface area (Å²) in [5.74, 6) is 1.19. The summed E-state index contributed by atoms with van der Waals surface area (Å²) in [6, 6.07) is 16.5. The lowest BCUT2D eigenvalue weighted by atomic mass is 9.97. The minimum absolute atomic E-state index is 0.146. The molecule has 0 fully saturated rings. The second-order valence-electron chi connectivity index (χ2n) is 6.48. The zero-order valence-corrected chi connectivity index (χ0v) is 17.5. The molecule has 2 aromatic carbocycles. The van der Waals surface area contributed by atoms with Crippen LogP contribution < -0.4 is 9.47 Å². The van der Waals surface area contributed by atoms with Crippen LogP contribution >= 0.6 is 22.9 Å². The Hall–Kier alpha value is -2.83. The maximum Gasteiger partial charge on any atom is 0.284 e. The third-order valence-corrected chi connectivity index (χ3v) is 6.04. The van der Waals surface area contributed by atoms with Crippen LogP contribution in [0.1, 0.15) is 33.3 Å². The number of hydrogen-bond donors (Lipinski definition) is 0. The third kappa shape index (κ3) is 3.73. The molecule has 1 atom stereocenters. The van der Waals surface area contributed by atoms with E-state index in [0.717, 1.165) is 16.8 Å². The molecule has 0 bridgehead atoms. The number of amides is 1. The smallest absolute Gasteiger partial charge is 0.284 e. The van der Waals surface area contributed by atoms with E-state index in [4.69, 9.17) is 26.2 Å². The molecule has 0 radical (unpaired) electrons. The van der Waals surface area contributed by atoms with Gasteiger partial charge in [0.1, 0.15) is 11.5 Å². The van der Waals surface area contributed by atoms with Crippen molar-refractivity contribution in [3.63, 3.8) is 0 Å². The molecule has 148 valence electrons. The molecule has 4 rings (SSSR count). The predicted octanol–water partition coefficient (Wildman–Crippen LogP) is 5.41. The van der Waals surface area contributed by atoms with Crippen molar-refractivity contribution in [3.8, 4) is 11.5 Å². The number of benzene rings is 2. The summed E-state index contributed by atoms with van der Waals surface area (Å²) in [5.41, 5.74) is 2.46. The Kier molecular flexibility index (Phi) is 5.56. The van der Waals surface area contributed by atoms with E-state index in [0.29, 0.717) is 27.8 Å². The van der Waals surface area contributed by atoms with Gasteiger partial charge in [0.15, 0.2) is 0 Å². The number of halogens is 1. The van der Waals surface area contributed by atoms with E-state index in [2.05, 4.69) is 0 Å². The molecule has 0 saturated carbocycles. The van der Waals surface area contributed by atoms with Crippen LogP contribution in [0.4, 0.5) is 0 Å². The van der Waals surface area contributed by atoms with Gasteiger partial charge in [0.05, 0.1) is 30.9 Å². The maximum absolute atomic E-state index is 13.2. The average molecular weight is 427 g/mol. The van der Waals surface area contributed by atoms with Gasteiger partial charge in [-0.2, -0.15) is 5.10 Å². The number of rotatable bonds is 5. The molecule has 2 heterocycles. The van der Waals surface area contributed by atoms with E-state index >= 15 is 0 Å². The first-order chi connectivity index (χ1) is 14.1. The van der Waals surface area contributed by atoms with Crippen LogP contribution in [0.25, 0.3) is 0 Å². The summed E-state index contributed by atoms with van der Waals surface area (Å²) in [6.07, 6.45) is 0.531. The summed E-state index contributed by atoms with van der Waals surface area (Å²) in [4.78, 5) is 13.8. The summed E-state index contributed by atoms with van der Waals surface area (Å²) >= 11 is 7.86. The molecule has 0 saturated heterocycles. The average Bonchev–Trinajstić information content (AvgIpc) is 3.43. The Morgan fingerprint density at radius 3 is 2.66 bits per heavy atom. The first-order valence-electron chi connectivity index (χ1n) is 9.03. The topological polar surface area (TPSA) is 51.1 Å². The number of nitrogens with zero attached hydrogens (tertiary/aromatic N) is 2. The summed E-state index contributed by atoms with van der Waals surface area (Å²) in [5, 5.41) is 8.73. The molecule has 0 spiro atoms. The summed E-state index contributed by atoms with van der Waals surface area (Å²) < 4.78 is 10.8. The molecule has 3 aromatic rings. The number of carbonyl (C=O) groups is 1. The molecular formula is C22H19ClN2O3S. The van der Waals surface area contributed by atoms with Crippen LogP contribution in [0, 0.1) is 0 Å². The van der Waals surface area contributed by atoms with E-state index in [-0.39, 0.29) is 11.9 Å². The third-order valence-electron chi connectivity index (χ3n) is 4.83. The molecule has 1 amide bonds. The zero-order chi connectivity index (χ0) is 20.4. The molecule has 0 N–H and O–H groups in total. The Morgan fingerprint density at radius 1 is 1.14 bits per heavy atom. The van der Waals surface area contributed by atoms with Crippen molar-refractivity contribution in [2.45, 2.75) is 12.5 Å². The largest absolute Gasteiger partial charge is 0.497 e. The van der Waals surface area contributed by atoms with E-state index < -0.39 is 0 Å². The highest BCUT2D eigenvalue weighted by atomic mass is 35.5. The molecule has 1 aliphatic heterocycles. The van der Waals surface area contributed by atoms with Crippen LogP contribution in [-0.2, 0) is 0 Å². The first kappa shape index (κ1) is 19.5. The fraction of sp³-hybridized carbons (Fsp3) is 0.182. The highest BCUT2D eigenvalue weighted by molar-refractivity contribution is 7.12. The van der Waals surface area contributed by atoms with Gasteiger partial charge in [-0.3, -0.25) is 4.79 Å². The Bertz CT molecular complexity index is 1070. The molecular weight excluding hydrogens is 408 g/mol. The van der Waals surface area contributed by atoms with Crippen molar-refractivity contribution in [3.05, 3.63) is 81.0 Å². The van der Waals surface area contributed by atoms with Gasteiger partial charge in [-0.05, 0) is 35.2 Å². The van der Waals surface area contributed by atoms with Crippen LogP contribution in [-0.4, -0.2) is 30.8 Å². The lowest BCUT2D eigenvalue weighted by Gasteiger charge is -2.22. The van der Waals surface area contributed by atoms with E-state index in [1.807, 2.05) is 53.9 Å². The van der Waals surface area contributed by atoms with Gasteiger partial charge in [-0.15, -0.1) is 11.3 Å². The maximum atomic E-state index is 13.2. The van der Waals surface area contributed by atoms with Crippen LogP contribution in [0.2, 0.25) is 5.02 Å². The monoisotopic (exact) mass is 426 g/mol. The summed E-state index contributed by atoms with van der Waals surface area (Å²) in [7, 11) is 3.21. The van der Waals surface area contributed by atoms with Crippen molar-refractivity contribution < 1.29 is 14.3 Å². The molecule has 7 heteroatoms. The van der Waals surface area contributed by atoms with Gasteiger partial charge < -0.3 is 9.47 Å². The standard InChI is InChI=1S/C22H19ClN2O3S/c1-27-14-9-10-16(20(12-14)28-2)18-13-19(15-6-3-4-7-17(15)23)25(24-18)22(26)21-8-5-11-29-21/h3-12,19H,13H2,1-2H3/t19-/m1/s1. The lowest BCUT2D eigenvalue weighted by molar-refractivity contribution is 0.0716. The minimum Gasteiger partial charge on any atom is -0.497 e. The Labute approximate surface area is 178 Å². The predicted molar refractivity (Wildman–Crippen MR) is 115 cm³/mol. The lowest BCUT2D eigenvalue weighted by Crippen LogP contribution is -2.26. The molecule has 5 nitrogen and oxygen atoms in total. The van der Waals surface area contributed by atoms with Crippen LogP contribution in [0.5, 0.6) is 11.5 Å². The highest BCUT2D eigenvalue weighted by Crippen LogP contribution is 2.39. The van der Waals surface area contributed by atoms with Crippen LogP contribution in [0.15, 0.2) is 65.1 Å².